The molecule has 110 valence electrons. The van der Waals surface area contributed by atoms with E-state index in [9.17, 15) is 0 Å². The van der Waals surface area contributed by atoms with Gasteiger partial charge in [-0.3, -0.25) is 0 Å². The maximum absolute atomic E-state index is 6.07. The molecule has 2 atom stereocenters. The van der Waals surface area contributed by atoms with Gasteiger partial charge in [0.25, 0.3) is 0 Å². The highest BCUT2D eigenvalue weighted by Crippen LogP contribution is 2.31. The highest BCUT2D eigenvalue weighted by Gasteiger charge is 2.25. The van der Waals surface area contributed by atoms with E-state index in [0.29, 0.717) is 11.8 Å². The summed E-state index contributed by atoms with van der Waals surface area (Å²) in [4.78, 5) is 8.76. The second-order valence-electron chi connectivity index (χ2n) is 6.16. The Bertz CT molecular complexity index is 449. The van der Waals surface area contributed by atoms with Gasteiger partial charge in [-0.05, 0) is 56.9 Å². The van der Waals surface area contributed by atoms with Crippen LogP contribution in [0.3, 0.4) is 0 Å². The molecule has 0 radical (unpaired) electrons. The standard InChI is InChI=1S/C16H25N3O/c17-9-12-5-1-2-6-13(12)10-20-16-14-7-3-4-8-15(14)18-11-19-16/h11-13H,1-10,17H2. The predicted octanol–water partition coefficient (Wildman–Crippen LogP) is 2.50. The van der Waals surface area contributed by atoms with Crippen molar-refractivity contribution in [1.82, 2.24) is 9.97 Å². The topological polar surface area (TPSA) is 61.0 Å². The van der Waals surface area contributed by atoms with Crippen molar-refractivity contribution < 1.29 is 4.74 Å². The van der Waals surface area contributed by atoms with Crippen LogP contribution < -0.4 is 10.5 Å². The Morgan fingerprint density at radius 2 is 1.85 bits per heavy atom. The first-order valence-corrected chi connectivity index (χ1v) is 8.04. The molecule has 1 saturated carbocycles. The lowest BCUT2D eigenvalue weighted by molar-refractivity contribution is 0.148. The Morgan fingerprint density at radius 1 is 1.05 bits per heavy atom. The summed E-state index contributed by atoms with van der Waals surface area (Å²) in [7, 11) is 0. The molecule has 4 nitrogen and oxygen atoms in total. The molecule has 0 aliphatic heterocycles. The number of ether oxygens (including phenoxy) is 1. The number of aryl methyl sites for hydroxylation is 1. The highest BCUT2D eigenvalue weighted by molar-refractivity contribution is 5.31. The van der Waals surface area contributed by atoms with Crippen LogP contribution in [-0.2, 0) is 12.8 Å². The van der Waals surface area contributed by atoms with E-state index in [-0.39, 0.29) is 0 Å². The summed E-state index contributed by atoms with van der Waals surface area (Å²) in [5, 5.41) is 0. The molecule has 20 heavy (non-hydrogen) atoms. The van der Waals surface area contributed by atoms with Crippen molar-refractivity contribution in [3.63, 3.8) is 0 Å². The first-order valence-electron chi connectivity index (χ1n) is 8.04. The Kier molecular flexibility index (Phi) is 4.51. The van der Waals surface area contributed by atoms with Crippen molar-refractivity contribution in [3.05, 3.63) is 17.6 Å². The molecule has 0 amide bonds. The lowest BCUT2D eigenvalue weighted by Crippen LogP contribution is -2.31. The van der Waals surface area contributed by atoms with Crippen LogP contribution in [0.25, 0.3) is 0 Å². The van der Waals surface area contributed by atoms with Crippen LogP contribution in [0.15, 0.2) is 6.33 Å². The van der Waals surface area contributed by atoms with Crippen LogP contribution in [0.4, 0.5) is 0 Å². The average Bonchev–Trinajstić information content (AvgIpc) is 2.53. The first kappa shape index (κ1) is 13.8. The SMILES string of the molecule is NCC1CCCCC1COc1ncnc2c1CCCC2. The van der Waals surface area contributed by atoms with E-state index < -0.39 is 0 Å². The Hall–Kier alpha value is -1.16. The van der Waals surface area contributed by atoms with Crippen LogP contribution in [0.1, 0.15) is 49.8 Å². The number of nitrogens with two attached hydrogens (primary N) is 1. The molecule has 0 bridgehead atoms. The molecule has 1 heterocycles. The smallest absolute Gasteiger partial charge is 0.219 e. The number of hydrogen-bond donors (Lipinski definition) is 1. The number of fused-ring (bicyclic) bond motifs is 1. The zero-order valence-electron chi connectivity index (χ0n) is 12.2. The van der Waals surface area contributed by atoms with Gasteiger partial charge in [-0.15, -0.1) is 0 Å². The predicted molar refractivity (Wildman–Crippen MR) is 78.7 cm³/mol. The lowest BCUT2D eigenvalue weighted by atomic mass is 9.80. The van der Waals surface area contributed by atoms with Crippen LogP contribution in [0.5, 0.6) is 5.88 Å². The molecular formula is C16H25N3O. The molecule has 1 aromatic rings. The fourth-order valence-electron chi connectivity index (χ4n) is 3.62. The summed E-state index contributed by atoms with van der Waals surface area (Å²) in [6.45, 7) is 1.56. The van der Waals surface area contributed by atoms with Crippen molar-refractivity contribution in [3.8, 4) is 5.88 Å². The number of hydrogen-bond acceptors (Lipinski definition) is 4. The Labute approximate surface area is 121 Å². The third-order valence-corrected chi connectivity index (χ3v) is 4.89. The summed E-state index contributed by atoms with van der Waals surface area (Å²) in [6, 6.07) is 0. The molecule has 0 aromatic carbocycles. The molecule has 4 heteroatoms. The van der Waals surface area contributed by atoms with Crippen molar-refractivity contribution >= 4 is 0 Å². The van der Waals surface area contributed by atoms with Gasteiger partial charge < -0.3 is 10.5 Å². The van der Waals surface area contributed by atoms with Gasteiger partial charge in [-0.2, -0.15) is 0 Å². The number of aromatic nitrogens is 2. The van der Waals surface area contributed by atoms with E-state index >= 15 is 0 Å². The zero-order chi connectivity index (χ0) is 13.8. The zero-order valence-corrected chi connectivity index (χ0v) is 12.2. The van der Waals surface area contributed by atoms with Gasteiger partial charge in [-0.1, -0.05) is 12.8 Å². The summed E-state index contributed by atoms with van der Waals surface area (Å²) in [5.74, 6) is 2.06. The molecule has 2 aliphatic rings. The largest absolute Gasteiger partial charge is 0.477 e. The van der Waals surface area contributed by atoms with Gasteiger partial charge in [0.05, 0.1) is 12.3 Å². The molecule has 1 aromatic heterocycles. The van der Waals surface area contributed by atoms with Crippen molar-refractivity contribution in [2.24, 2.45) is 17.6 Å². The van der Waals surface area contributed by atoms with Crippen molar-refractivity contribution in [1.29, 1.82) is 0 Å². The molecule has 2 unspecified atom stereocenters. The van der Waals surface area contributed by atoms with E-state index in [0.717, 1.165) is 31.9 Å². The lowest BCUT2D eigenvalue weighted by Gasteiger charge is -2.30. The van der Waals surface area contributed by atoms with E-state index in [1.807, 2.05) is 0 Å². The van der Waals surface area contributed by atoms with Crippen LogP contribution in [0.2, 0.25) is 0 Å². The maximum Gasteiger partial charge on any atom is 0.219 e. The summed E-state index contributed by atoms with van der Waals surface area (Å²) >= 11 is 0. The number of nitrogens with zero attached hydrogens (tertiary/aromatic N) is 2. The van der Waals surface area contributed by atoms with E-state index in [2.05, 4.69) is 9.97 Å². The second kappa shape index (κ2) is 6.53. The highest BCUT2D eigenvalue weighted by atomic mass is 16.5. The van der Waals surface area contributed by atoms with Crippen molar-refractivity contribution in [2.75, 3.05) is 13.2 Å². The van der Waals surface area contributed by atoms with Gasteiger partial charge in [0.1, 0.15) is 6.33 Å². The molecule has 3 rings (SSSR count). The van der Waals surface area contributed by atoms with E-state index in [1.54, 1.807) is 6.33 Å². The summed E-state index contributed by atoms with van der Waals surface area (Å²) in [5.41, 5.74) is 8.34. The quantitative estimate of drug-likeness (QED) is 0.917. The van der Waals surface area contributed by atoms with Gasteiger partial charge >= 0.3 is 0 Å². The van der Waals surface area contributed by atoms with Crippen molar-refractivity contribution in [2.45, 2.75) is 51.4 Å². The third kappa shape index (κ3) is 2.95. The van der Waals surface area contributed by atoms with Gasteiger partial charge in [0.15, 0.2) is 0 Å². The molecule has 2 N–H and O–H groups in total. The van der Waals surface area contributed by atoms with Gasteiger partial charge in [0.2, 0.25) is 5.88 Å². The Morgan fingerprint density at radius 3 is 2.70 bits per heavy atom. The van der Waals surface area contributed by atoms with Crippen LogP contribution in [0, 0.1) is 11.8 Å². The summed E-state index contributed by atoms with van der Waals surface area (Å²) < 4.78 is 6.07. The van der Waals surface area contributed by atoms with Gasteiger partial charge in [-0.25, -0.2) is 9.97 Å². The Balaban J connectivity index is 1.66. The minimum Gasteiger partial charge on any atom is -0.477 e. The maximum atomic E-state index is 6.07. The van der Waals surface area contributed by atoms with E-state index in [4.69, 9.17) is 10.5 Å². The minimum atomic E-state index is 0.600. The van der Waals surface area contributed by atoms with Gasteiger partial charge in [0, 0.05) is 5.56 Å². The fraction of sp³-hybridized carbons (Fsp3) is 0.750. The van der Waals surface area contributed by atoms with E-state index in [1.165, 1.54) is 49.8 Å². The third-order valence-electron chi connectivity index (χ3n) is 4.89. The normalized spacial score (nSPS) is 26.1. The fourth-order valence-corrected chi connectivity index (χ4v) is 3.62. The summed E-state index contributed by atoms with van der Waals surface area (Å²) in [6.07, 6.45) is 11.4. The minimum absolute atomic E-state index is 0.600. The molecular weight excluding hydrogens is 250 g/mol. The van der Waals surface area contributed by atoms with Crippen LogP contribution >= 0.6 is 0 Å². The molecule has 2 aliphatic carbocycles. The van der Waals surface area contributed by atoms with Crippen LogP contribution in [-0.4, -0.2) is 23.1 Å². The number of rotatable bonds is 4. The average molecular weight is 275 g/mol. The monoisotopic (exact) mass is 275 g/mol. The second-order valence-corrected chi connectivity index (χ2v) is 6.16. The molecule has 1 fully saturated rings. The first-order chi connectivity index (χ1) is 9.88. The molecule has 0 spiro atoms. The molecule has 0 saturated heterocycles.